The van der Waals surface area contributed by atoms with Crippen LogP contribution in [0.3, 0.4) is 0 Å². The third-order valence-corrected chi connectivity index (χ3v) is 5.95. The lowest BCUT2D eigenvalue weighted by molar-refractivity contribution is -0.126. The van der Waals surface area contributed by atoms with Crippen molar-refractivity contribution in [2.45, 2.75) is 39.5 Å². The average molecular weight is 454 g/mol. The number of aromatic nitrogens is 2. The van der Waals surface area contributed by atoms with Gasteiger partial charge in [0.1, 0.15) is 0 Å². The van der Waals surface area contributed by atoms with Gasteiger partial charge in [-0.2, -0.15) is 0 Å². The summed E-state index contributed by atoms with van der Waals surface area (Å²) in [6.45, 7) is 3.37. The zero-order valence-corrected chi connectivity index (χ0v) is 18.7. The number of nitrogens with zero attached hydrogens (tertiary/aromatic N) is 3. The van der Waals surface area contributed by atoms with Crippen LogP contribution < -0.4 is 10.2 Å². The normalized spacial score (nSPS) is 17.8. The third kappa shape index (κ3) is 5.33. The van der Waals surface area contributed by atoms with Crippen molar-refractivity contribution in [3.63, 3.8) is 0 Å². The molecule has 10 nitrogen and oxygen atoms in total. The van der Waals surface area contributed by atoms with E-state index in [1.807, 2.05) is 0 Å². The highest BCUT2D eigenvalue weighted by Gasteiger charge is 2.33. The van der Waals surface area contributed by atoms with Crippen molar-refractivity contribution in [2.24, 2.45) is 11.8 Å². The van der Waals surface area contributed by atoms with Crippen molar-refractivity contribution in [3.8, 4) is 0 Å². The fourth-order valence-electron chi connectivity index (χ4n) is 4.27. The van der Waals surface area contributed by atoms with E-state index in [4.69, 9.17) is 5.11 Å². The number of carbonyl (C=O) groups is 4. The quantitative estimate of drug-likeness (QED) is 0.603. The van der Waals surface area contributed by atoms with Gasteiger partial charge in [-0.25, -0.2) is 9.59 Å². The van der Waals surface area contributed by atoms with Crippen LogP contribution in [0.1, 0.15) is 57.7 Å². The monoisotopic (exact) mass is 454 g/mol. The highest BCUT2D eigenvalue weighted by molar-refractivity contribution is 5.97. The van der Waals surface area contributed by atoms with Gasteiger partial charge >= 0.3 is 11.9 Å². The van der Waals surface area contributed by atoms with Crippen LogP contribution in [0.5, 0.6) is 0 Å². The highest BCUT2D eigenvalue weighted by atomic mass is 16.4. The summed E-state index contributed by atoms with van der Waals surface area (Å²) in [5.41, 5.74) is 1.66. The summed E-state index contributed by atoms with van der Waals surface area (Å²) in [4.78, 5) is 49.5. The molecule has 0 unspecified atom stereocenters. The van der Waals surface area contributed by atoms with Crippen LogP contribution in [0.2, 0.25) is 0 Å². The number of rotatable bonds is 6. The SMILES string of the molecule is Cc1cc(NC(=O)[C@@H]2CCC[C@H](C(=O)N(C)c3ccc(C(=O)O)nn3)C2)cc(C)c1C(=O)O. The summed E-state index contributed by atoms with van der Waals surface area (Å²) in [6.07, 6.45) is 2.37. The van der Waals surface area contributed by atoms with E-state index in [1.54, 1.807) is 33.0 Å². The molecule has 1 saturated carbocycles. The fraction of sp³-hybridized carbons (Fsp3) is 0.391. The molecule has 0 radical (unpaired) electrons. The van der Waals surface area contributed by atoms with Crippen molar-refractivity contribution < 1.29 is 29.4 Å². The Morgan fingerprint density at radius 1 is 0.970 bits per heavy atom. The first-order valence-electron chi connectivity index (χ1n) is 10.6. The van der Waals surface area contributed by atoms with Gasteiger partial charge in [-0.05, 0) is 68.5 Å². The lowest BCUT2D eigenvalue weighted by Gasteiger charge is -2.30. The van der Waals surface area contributed by atoms with Crippen LogP contribution in [0.4, 0.5) is 11.5 Å². The molecule has 10 heteroatoms. The second-order valence-corrected chi connectivity index (χ2v) is 8.32. The molecule has 0 spiro atoms. The van der Waals surface area contributed by atoms with Gasteiger partial charge in [0.15, 0.2) is 11.5 Å². The van der Waals surface area contributed by atoms with Gasteiger partial charge in [0, 0.05) is 24.6 Å². The summed E-state index contributed by atoms with van der Waals surface area (Å²) in [7, 11) is 1.55. The zero-order chi connectivity index (χ0) is 24.3. The second kappa shape index (κ2) is 9.76. The second-order valence-electron chi connectivity index (χ2n) is 8.32. The Morgan fingerprint density at radius 2 is 1.61 bits per heavy atom. The van der Waals surface area contributed by atoms with E-state index in [0.717, 1.165) is 0 Å². The minimum Gasteiger partial charge on any atom is -0.478 e. The van der Waals surface area contributed by atoms with Gasteiger partial charge < -0.3 is 15.5 Å². The number of anilines is 2. The molecule has 33 heavy (non-hydrogen) atoms. The van der Waals surface area contributed by atoms with Crippen molar-refractivity contribution in [2.75, 3.05) is 17.3 Å². The molecule has 1 fully saturated rings. The maximum absolute atomic E-state index is 13.0. The summed E-state index contributed by atoms with van der Waals surface area (Å²) in [5.74, 6) is -3.12. The van der Waals surface area contributed by atoms with Crippen LogP contribution >= 0.6 is 0 Å². The number of aromatic carboxylic acids is 2. The maximum atomic E-state index is 13.0. The lowest BCUT2D eigenvalue weighted by Crippen LogP contribution is -2.38. The minimum absolute atomic E-state index is 0.206. The maximum Gasteiger partial charge on any atom is 0.356 e. The van der Waals surface area contributed by atoms with Gasteiger partial charge in [0.05, 0.1) is 5.56 Å². The third-order valence-electron chi connectivity index (χ3n) is 5.95. The molecule has 1 aromatic heterocycles. The summed E-state index contributed by atoms with van der Waals surface area (Å²) in [6, 6.07) is 5.97. The molecule has 0 saturated heterocycles. The van der Waals surface area contributed by atoms with Gasteiger partial charge in [-0.15, -0.1) is 10.2 Å². The van der Waals surface area contributed by atoms with E-state index < -0.39 is 11.9 Å². The molecule has 2 aromatic rings. The summed E-state index contributed by atoms with van der Waals surface area (Å²) in [5, 5.41) is 28.5. The predicted molar refractivity (Wildman–Crippen MR) is 119 cm³/mol. The van der Waals surface area contributed by atoms with Crippen LogP contribution in [0.15, 0.2) is 24.3 Å². The van der Waals surface area contributed by atoms with Gasteiger partial charge in [0.25, 0.3) is 0 Å². The number of carboxylic acids is 2. The van der Waals surface area contributed by atoms with Crippen molar-refractivity contribution in [1.29, 1.82) is 0 Å². The molecule has 1 heterocycles. The van der Waals surface area contributed by atoms with Gasteiger partial charge in [-0.1, -0.05) is 6.42 Å². The van der Waals surface area contributed by atoms with Crippen molar-refractivity contribution in [3.05, 3.63) is 46.6 Å². The minimum atomic E-state index is -1.20. The lowest BCUT2D eigenvalue weighted by atomic mass is 9.80. The Labute approximate surface area is 190 Å². The number of hydrogen-bond donors (Lipinski definition) is 3. The van der Waals surface area contributed by atoms with Crippen molar-refractivity contribution in [1.82, 2.24) is 10.2 Å². The number of benzene rings is 1. The largest absolute Gasteiger partial charge is 0.478 e. The smallest absolute Gasteiger partial charge is 0.356 e. The van der Waals surface area contributed by atoms with E-state index >= 15 is 0 Å². The Bertz CT molecular complexity index is 1080. The molecular weight excluding hydrogens is 428 g/mol. The Hall–Kier alpha value is -3.82. The van der Waals surface area contributed by atoms with E-state index in [-0.39, 0.29) is 40.7 Å². The highest BCUT2D eigenvalue weighted by Crippen LogP contribution is 2.32. The fourth-order valence-corrected chi connectivity index (χ4v) is 4.27. The predicted octanol–water partition coefficient (Wildman–Crippen LogP) is 2.90. The zero-order valence-electron chi connectivity index (χ0n) is 18.7. The first-order chi connectivity index (χ1) is 15.6. The summed E-state index contributed by atoms with van der Waals surface area (Å²) < 4.78 is 0. The number of carboxylic acid groups (broad SMARTS) is 2. The first kappa shape index (κ1) is 23.8. The molecule has 2 atom stereocenters. The van der Waals surface area contributed by atoms with Crippen LogP contribution in [-0.4, -0.2) is 51.2 Å². The van der Waals surface area contributed by atoms with Crippen molar-refractivity contribution >= 4 is 35.3 Å². The first-order valence-corrected chi connectivity index (χ1v) is 10.6. The molecular formula is C23H26N4O6. The number of carbonyl (C=O) groups excluding carboxylic acids is 2. The number of nitrogens with one attached hydrogen (secondary N) is 1. The van der Waals surface area contributed by atoms with E-state index in [0.29, 0.717) is 42.5 Å². The van der Waals surface area contributed by atoms with Crippen LogP contribution in [0, 0.1) is 25.7 Å². The molecule has 1 aliphatic rings. The van der Waals surface area contributed by atoms with Crippen LogP contribution in [-0.2, 0) is 9.59 Å². The number of aryl methyl sites for hydroxylation is 2. The Kier molecular flexibility index (Phi) is 7.05. The molecule has 2 amide bonds. The van der Waals surface area contributed by atoms with E-state index in [1.165, 1.54) is 17.0 Å². The molecule has 0 aliphatic heterocycles. The van der Waals surface area contributed by atoms with Crippen LogP contribution in [0.25, 0.3) is 0 Å². The molecule has 3 N–H and O–H groups in total. The molecule has 1 aromatic carbocycles. The number of hydrogen-bond acceptors (Lipinski definition) is 6. The summed E-state index contributed by atoms with van der Waals surface area (Å²) >= 11 is 0. The molecule has 0 bridgehead atoms. The van der Waals surface area contributed by atoms with Gasteiger partial charge in [-0.3, -0.25) is 14.5 Å². The average Bonchev–Trinajstić information content (AvgIpc) is 2.77. The van der Waals surface area contributed by atoms with E-state index in [2.05, 4.69) is 15.5 Å². The molecule has 3 rings (SSSR count). The Balaban J connectivity index is 1.67. The topological polar surface area (TPSA) is 150 Å². The Morgan fingerprint density at radius 3 is 2.15 bits per heavy atom. The molecule has 174 valence electrons. The molecule has 1 aliphatic carbocycles. The van der Waals surface area contributed by atoms with E-state index in [9.17, 15) is 24.3 Å². The number of amides is 2. The van der Waals surface area contributed by atoms with Gasteiger partial charge in [0.2, 0.25) is 11.8 Å². The standard InChI is InChI=1S/C23H26N4O6/c1-12-9-16(10-13(2)19(12)23(32)33)24-20(28)14-5-4-6-15(11-14)21(29)27(3)18-8-7-17(22(30)31)25-26-18/h7-10,14-15H,4-6,11H2,1-3H3,(H,24,28)(H,30,31)(H,32,33)/t14-,15+/m1/s1.